The topological polar surface area (TPSA) is 70.1 Å². The number of hydrogen-bond acceptors (Lipinski definition) is 5. The van der Waals surface area contributed by atoms with E-state index in [0.717, 1.165) is 36.6 Å². The van der Waals surface area contributed by atoms with E-state index in [1.165, 1.54) is 24.3 Å². The highest BCUT2D eigenvalue weighted by molar-refractivity contribution is 6.30. The van der Waals surface area contributed by atoms with Crippen molar-refractivity contribution in [3.8, 4) is 16.9 Å². The van der Waals surface area contributed by atoms with Crippen LogP contribution in [-0.4, -0.2) is 57.9 Å². The smallest absolute Gasteiger partial charge is 0.271 e. The van der Waals surface area contributed by atoms with Gasteiger partial charge in [0.05, 0.1) is 11.4 Å². The van der Waals surface area contributed by atoms with Crippen molar-refractivity contribution in [2.75, 3.05) is 38.1 Å². The molecule has 0 aliphatic carbocycles. The van der Waals surface area contributed by atoms with Crippen LogP contribution in [0.3, 0.4) is 0 Å². The van der Waals surface area contributed by atoms with Crippen molar-refractivity contribution in [1.82, 2.24) is 24.6 Å². The van der Waals surface area contributed by atoms with Crippen LogP contribution in [0.5, 0.6) is 0 Å². The van der Waals surface area contributed by atoms with Gasteiger partial charge in [-0.25, -0.2) is 19.0 Å². The Hall–Kier alpha value is -2.71. The third kappa shape index (κ3) is 3.53. The quantitative estimate of drug-likeness (QED) is 0.728. The molecule has 3 aromatic rings. The van der Waals surface area contributed by atoms with Crippen molar-refractivity contribution in [3.63, 3.8) is 0 Å². The fourth-order valence-corrected chi connectivity index (χ4v) is 3.41. The number of H-pyrrole nitrogens is 1. The highest BCUT2D eigenvalue weighted by Crippen LogP contribution is 2.23. The Morgan fingerprint density at radius 3 is 2.61 bits per heavy atom. The first-order valence-electron chi connectivity index (χ1n) is 8.97. The third-order valence-corrected chi connectivity index (χ3v) is 5.15. The minimum atomic E-state index is -0.582. The lowest BCUT2D eigenvalue weighted by atomic mass is 10.2. The molecule has 0 unspecified atom stereocenters. The molecule has 1 aliphatic rings. The van der Waals surface area contributed by atoms with Gasteiger partial charge in [0.25, 0.3) is 5.56 Å². The normalized spacial score (nSPS) is 15.2. The number of anilines is 1. The monoisotopic (exact) mass is 402 g/mol. The van der Waals surface area contributed by atoms with Crippen LogP contribution in [-0.2, 0) is 0 Å². The van der Waals surface area contributed by atoms with Gasteiger partial charge < -0.3 is 9.80 Å². The van der Waals surface area contributed by atoms with Gasteiger partial charge in [-0.3, -0.25) is 9.89 Å². The molecule has 0 bridgehead atoms. The first kappa shape index (κ1) is 18.6. The van der Waals surface area contributed by atoms with E-state index in [-0.39, 0.29) is 16.3 Å². The van der Waals surface area contributed by atoms with Crippen LogP contribution in [0.4, 0.5) is 10.3 Å². The van der Waals surface area contributed by atoms with Crippen LogP contribution in [0.2, 0.25) is 5.02 Å². The second-order valence-electron chi connectivity index (χ2n) is 6.90. The molecule has 3 heterocycles. The summed E-state index contributed by atoms with van der Waals surface area (Å²) in [6.07, 6.45) is 1.70. The van der Waals surface area contributed by atoms with Crippen LogP contribution in [0, 0.1) is 12.7 Å². The summed E-state index contributed by atoms with van der Waals surface area (Å²) >= 11 is 5.79. The molecule has 1 N–H and O–H groups in total. The number of piperazine rings is 1. The molecule has 0 amide bonds. The van der Waals surface area contributed by atoms with Crippen molar-refractivity contribution in [2.45, 2.75) is 6.92 Å². The Morgan fingerprint density at radius 2 is 1.93 bits per heavy atom. The number of halogens is 2. The Kier molecular flexibility index (Phi) is 4.91. The van der Waals surface area contributed by atoms with Gasteiger partial charge in [0.2, 0.25) is 5.95 Å². The Bertz CT molecular complexity index is 1070. The van der Waals surface area contributed by atoms with Gasteiger partial charge in [0, 0.05) is 49.0 Å². The van der Waals surface area contributed by atoms with Crippen LogP contribution < -0.4 is 10.5 Å². The number of aromatic nitrogens is 4. The lowest BCUT2D eigenvalue weighted by molar-refractivity contribution is 0.311. The van der Waals surface area contributed by atoms with E-state index in [4.69, 9.17) is 11.6 Å². The molecule has 9 heteroatoms. The summed E-state index contributed by atoms with van der Waals surface area (Å²) in [5.41, 5.74) is 1.70. The zero-order chi connectivity index (χ0) is 19.8. The largest absolute Gasteiger partial charge is 0.338 e. The average molecular weight is 403 g/mol. The molecular formula is C19H20ClFN6O. The van der Waals surface area contributed by atoms with E-state index >= 15 is 0 Å². The van der Waals surface area contributed by atoms with Gasteiger partial charge in [-0.2, -0.15) is 0 Å². The Labute approximate surface area is 166 Å². The number of aromatic amines is 1. The average Bonchev–Trinajstić information content (AvgIpc) is 3.03. The molecule has 0 atom stereocenters. The highest BCUT2D eigenvalue weighted by atomic mass is 35.5. The van der Waals surface area contributed by atoms with E-state index in [1.807, 2.05) is 6.92 Å². The standard InChI is InChI=1S/C19H20ClFN6O/c1-12-14(11-22-19(23-12)26-7-5-25(2)6-8-26)16-10-18(28)27(24-16)17-4-3-13(20)9-15(17)21/h3-4,9-11,24H,5-8H2,1-2H3. The molecule has 0 spiro atoms. The van der Waals surface area contributed by atoms with Crippen LogP contribution in [0.1, 0.15) is 5.69 Å². The first-order valence-corrected chi connectivity index (χ1v) is 9.35. The van der Waals surface area contributed by atoms with E-state index in [2.05, 4.69) is 31.9 Å². The molecule has 0 saturated carbocycles. The summed E-state index contributed by atoms with van der Waals surface area (Å²) < 4.78 is 15.3. The van der Waals surface area contributed by atoms with Crippen LogP contribution in [0.15, 0.2) is 35.3 Å². The molecule has 1 saturated heterocycles. The summed E-state index contributed by atoms with van der Waals surface area (Å²) in [6, 6.07) is 5.57. The van der Waals surface area contributed by atoms with Crippen molar-refractivity contribution in [3.05, 3.63) is 57.3 Å². The zero-order valence-corrected chi connectivity index (χ0v) is 16.4. The maximum absolute atomic E-state index is 14.2. The minimum absolute atomic E-state index is 0.105. The van der Waals surface area contributed by atoms with Crippen molar-refractivity contribution < 1.29 is 4.39 Å². The summed E-state index contributed by atoms with van der Waals surface area (Å²) in [5.74, 6) is 0.0984. The molecule has 4 rings (SSSR count). The third-order valence-electron chi connectivity index (χ3n) is 4.91. The zero-order valence-electron chi connectivity index (χ0n) is 15.6. The number of nitrogens with one attached hydrogen (secondary N) is 1. The molecule has 7 nitrogen and oxygen atoms in total. The van der Waals surface area contributed by atoms with Crippen molar-refractivity contribution >= 4 is 17.5 Å². The summed E-state index contributed by atoms with van der Waals surface area (Å²) in [7, 11) is 2.09. The molecule has 146 valence electrons. The number of benzene rings is 1. The van der Waals surface area contributed by atoms with Gasteiger partial charge in [-0.1, -0.05) is 11.6 Å². The fraction of sp³-hybridized carbons (Fsp3) is 0.316. The summed E-state index contributed by atoms with van der Waals surface area (Å²) in [5, 5.41) is 3.21. The minimum Gasteiger partial charge on any atom is -0.338 e. The molecule has 1 aromatic carbocycles. The van der Waals surface area contributed by atoms with Gasteiger partial charge in [-0.15, -0.1) is 0 Å². The van der Waals surface area contributed by atoms with E-state index in [0.29, 0.717) is 17.2 Å². The van der Waals surface area contributed by atoms with Gasteiger partial charge in [0.1, 0.15) is 11.5 Å². The van der Waals surface area contributed by atoms with Gasteiger partial charge in [-0.05, 0) is 32.2 Å². The maximum Gasteiger partial charge on any atom is 0.271 e. The SMILES string of the molecule is Cc1nc(N2CCN(C)CC2)ncc1-c1cc(=O)n(-c2ccc(Cl)cc2F)[nH]1. The van der Waals surface area contributed by atoms with Gasteiger partial charge >= 0.3 is 0 Å². The second kappa shape index (κ2) is 7.37. The van der Waals surface area contributed by atoms with E-state index in [9.17, 15) is 9.18 Å². The molecule has 28 heavy (non-hydrogen) atoms. The molecule has 1 aliphatic heterocycles. The Morgan fingerprint density at radius 1 is 1.18 bits per heavy atom. The second-order valence-corrected chi connectivity index (χ2v) is 7.34. The lowest BCUT2D eigenvalue weighted by Crippen LogP contribution is -2.45. The number of hydrogen-bond donors (Lipinski definition) is 1. The van der Waals surface area contributed by atoms with Crippen molar-refractivity contribution in [2.24, 2.45) is 0 Å². The number of nitrogens with zero attached hydrogens (tertiary/aromatic N) is 5. The number of aryl methyl sites for hydroxylation is 1. The molecule has 1 fully saturated rings. The maximum atomic E-state index is 14.2. The lowest BCUT2D eigenvalue weighted by Gasteiger charge is -2.32. The van der Waals surface area contributed by atoms with Crippen LogP contribution in [0.25, 0.3) is 16.9 Å². The van der Waals surface area contributed by atoms with Gasteiger partial charge in [0.15, 0.2) is 0 Å². The number of rotatable bonds is 3. The predicted octanol–water partition coefficient (Wildman–Crippen LogP) is 2.48. The Balaban J connectivity index is 1.66. The van der Waals surface area contributed by atoms with E-state index < -0.39 is 5.82 Å². The fourth-order valence-electron chi connectivity index (χ4n) is 3.25. The van der Waals surface area contributed by atoms with Crippen LogP contribution >= 0.6 is 11.6 Å². The number of likely N-dealkylation sites (N-methyl/N-ethyl adjacent to an activating group) is 1. The van der Waals surface area contributed by atoms with Crippen molar-refractivity contribution in [1.29, 1.82) is 0 Å². The van der Waals surface area contributed by atoms with E-state index in [1.54, 1.807) is 6.20 Å². The summed E-state index contributed by atoms with van der Waals surface area (Å²) in [4.78, 5) is 25.9. The first-order chi connectivity index (χ1) is 13.4. The predicted molar refractivity (Wildman–Crippen MR) is 107 cm³/mol. The molecule has 2 aromatic heterocycles. The molecular weight excluding hydrogens is 383 g/mol. The highest BCUT2D eigenvalue weighted by Gasteiger charge is 2.18. The molecule has 0 radical (unpaired) electrons. The summed E-state index contributed by atoms with van der Waals surface area (Å²) in [6.45, 7) is 5.55.